The van der Waals surface area contributed by atoms with Crippen molar-refractivity contribution in [2.45, 2.75) is 6.04 Å². The van der Waals surface area contributed by atoms with Crippen LogP contribution in [0.15, 0.2) is 60.9 Å². The summed E-state index contributed by atoms with van der Waals surface area (Å²) in [5.74, 6) is -0.172. The molecule has 0 aliphatic carbocycles. The van der Waals surface area contributed by atoms with E-state index in [0.717, 1.165) is 22.2 Å². The third kappa shape index (κ3) is 3.64. The molecule has 0 spiro atoms. The van der Waals surface area contributed by atoms with Gasteiger partial charge in [0.15, 0.2) is 0 Å². The molecule has 0 saturated heterocycles. The van der Waals surface area contributed by atoms with Crippen molar-refractivity contribution >= 4 is 23.0 Å². The summed E-state index contributed by atoms with van der Waals surface area (Å²) >= 11 is 0. The van der Waals surface area contributed by atoms with Gasteiger partial charge >= 0.3 is 0 Å². The average molecular weight is 306 g/mol. The van der Waals surface area contributed by atoms with Crippen molar-refractivity contribution in [2.24, 2.45) is 5.73 Å². The molecule has 1 atom stereocenters. The van der Waals surface area contributed by atoms with Crippen LogP contribution >= 0.6 is 0 Å². The Morgan fingerprint density at radius 3 is 2.91 bits per heavy atom. The van der Waals surface area contributed by atoms with Gasteiger partial charge in [-0.2, -0.15) is 0 Å². The van der Waals surface area contributed by atoms with Gasteiger partial charge in [0.25, 0.3) is 0 Å². The number of nitrogens with zero attached hydrogens (tertiary/aromatic N) is 1. The molecule has 1 aromatic carbocycles. The van der Waals surface area contributed by atoms with E-state index < -0.39 is 0 Å². The molecule has 23 heavy (non-hydrogen) atoms. The van der Waals surface area contributed by atoms with Crippen molar-refractivity contribution in [1.82, 2.24) is 15.3 Å². The van der Waals surface area contributed by atoms with Crippen LogP contribution in [-0.2, 0) is 4.79 Å². The molecule has 5 heteroatoms. The van der Waals surface area contributed by atoms with Crippen LogP contribution in [0.5, 0.6) is 0 Å². The number of rotatable bonds is 5. The van der Waals surface area contributed by atoms with E-state index in [9.17, 15) is 4.79 Å². The van der Waals surface area contributed by atoms with Crippen molar-refractivity contribution in [1.29, 1.82) is 0 Å². The molecule has 2 aromatic heterocycles. The molecule has 116 valence electrons. The van der Waals surface area contributed by atoms with Crippen molar-refractivity contribution in [3.63, 3.8) is 0 Å². The fourth-order valence-electron chi connectivity index (χ4n) is 2.37. The number of fused-ring (bicyclic) bond motifs is 1. The molecule has 0 saturated carbocycles. The Balaban J connectivity index is 1.59. The van der Waals surface area contributed by atoms with Crippen LogP contribution < -0.4 is 11.1 Å². The zero-order valence-electron chi connectivity index (χ0n) is 12.6. The lowest BCUT2D eigenvalue weighted by Crippen LogP contribution is -2.30. The van der Waals surface area contributed by atoms with Gasteiger partial charge in [-0.3, -0.25) is 4.79 Å². The number of carbonyl (C=O) groups is 1. The predicted molar refractivity (Wildman–Crippen MR) is 91.5 cm³/mol. The Morgan fingerprint density at radius 2 is 2.09 bits per heavy atom. The van der Waals surface area contributed by atoms with E-state index in [1.165, 1.54) is 6.08 Å². The number of nitrogens with one attached hydrogen (secondary N) is 2. The summed E-state index contributed by atoms with van der Waals surface area (Å²) in [7, 11) is 0. The van der Waals surface area contributed by atoms with Crippen molar-refractivity contribution < 1.29 is 4.79 Å². The summed E-state index contributed by atoms with van der Waals surface area (Å²) in [6.45, 7) is 0.391. The number of aromatic nitrogens is 2. The van der Waals surface area contributed by atoms with E-state index >= 15 is 0 Å². The topological polar surface area (TPSA) is 83.8 Å². The second-order valence-electron chi connectivity index (χ2n) is 5.24. The molecule has 0 aliphatic rings. The molecule has 0 unspecified atom stereocenters. The lowest BCUT2D eigenvalue weighted by molar-refractivity contribution is -0.116. The normalized spacial score (nSPS) is 12.6. The van der Waals surface area contributed by atoms with Gasteiger partial charge in [0.2, 0.25) is 5.91 Å². The highest BCUT2D eigenvalue weighted by Gasteiger charge is 2.06. The minimum absolute atomic E-state index is 0.172. The first kappa shape index (κ1) is 15.0. The molecular formula is C18H18N4O. The lowest BCUT2D eigenvalue weighted by Gasteiger charge is -2.11. The first-order valence-corrected chi connectivity index (χ1v) is 7.42. The molecule has 0 fully saturated rings. The third-order valence-corrected chi connectivity index (χ3v) is 3.62. The third-order valence-electron chi connectivity index (χ3n) is 3.62. The maximum Gasteiger partial charge on any atom is 0.244 e. The molecule has 1 amide bonds. The minimum Gasteiger partial charge on any atom is -0.351 e. The van der Waals surface area contributed by atoms with Gasteiger partial charge in [-0.1, -0.05) is 30.3 Å². The molecule has 4 N–H and O–H groups in total. The van der Waals surface area contributed by atoms with Crippen LogP contribution in [0.25, 0.3) is 17.1 Å². The number of carbonyl (C=O) groups excluding carboxylic acids is 1. The summed E-state index contributed by atoms with van der Waals surface area (Å²) in [5.41, 5.74) is 8.79. The molecule has 0 bridgehead atoms. The Bertz CT molecular complexity index is 823. The summed E-state index contributed by atoms with van der Waals surface area (Å²) in [6.07, 6.45) is 6.83. The Kier molecular flexibility index (Phi) is 4.49. The summed E-state index contributed by atoms with van der Waals surface area (Å²) in [5, 5.41) is 3.80. The number of H-pyrrole nitrogens is 1. The second kappa shape index (κ2) is 6.89. The average Bonchev–Trinajstić information content (AvgIpc) is 3.02. The zero-order chi connectivity index (χ0) is 16.1. The highest BCUT2D eigenvalue weighted by Crippen LogP contribution is 2.16. The van der Waals surface area contributed by atoms with Crippen LogP contribution in [0.4, 0.5) is 0 Å². The number of hydrogen-bond acceptors (Lipinski definition) is 3. The molecular weight excluding hydrogens is 288 g/mol. The molecule has 0 aliphatic heterocycles. The molecule has 3 rings (SSSR count). The molecule has 5 nitrogen and oxygen atoms in total. The van der Waals surface area contributed by atoms with Gasteiger partial charge in [-0.25, -0.2) is 4.98 Å². The largest absolute Gasteiger partial charge is 0.351 e. The number of amides is 1. The Labute approximate surface area is 134 Å². The highest BCUT2D eigenvalue weighted by atomic mass is 16.1. The Hall–Kier alpha value is -2.92. The predicted octanol–water partition coefficient (Wildman–Crippen LogP) is 2.39. The van der Waals surface area contributed by atoms with Crippen LogP contribution in [-0.4, -0.2) is 22.4 Å². The van der Waals surface area contributed by atoms with Crippen molar-refractivity contribution in [3.8, 4) is 0 Å². The second-order valence-corrected chi connectivity index (χ2v) is 5.24. The zero-order valence-corrected chi connectivity index (χ0v) is 12.6. The quantitative estimate of drug-likeness (QED) is 0.633. The Morgan fingerprint density at radius 1 is 1.26 bits per heavy atom. The number of hydrogen-bond donors (Lipinski definition) is 3. The number of benzene rings is 1. The van der Waals surface area contributed by atoms with Crippen molar-refractivity contribution in [3.05, 3.63) is 72.1 Å². The summed E-state index contributed by atoms with van der Waals surface area (Å²) < 4.78 is 0. The van der Waals surface area contributed by atoms with Crippen LogP contribution in [0.3, 0.4) is 0 Å². The maximum absolute atomic E-state index is 11.9. The monoisotopic (exact) mass is 306 g/mol. The van der Waals surface area contributed by atoms with Crippen LogP contribution in [0.1, 0.15) is 17.2 Å². The van der Waals surface area contributed by atoms with E-state index in [-0.39, 0.29) is 11.9 Å². The van der Waals surface area contributed by atoms with E-state index in [0.29, 0.717) is 6.54 Å². The number of pyridine rings is 1. The van der Waals surface area contributed by atoms with Crippen LogP contribution in [0.2, 0.25) is 0 Å². The van der Waals surface area contributed by atoms with E-state index in [2.05, 4.69) is 15.3 Å². The summed E-state index contributed by atoms with van der Waals surface area (Å²) in [6, 6.07) is 13.3. The first-order chi connectivity index (χ1) is 11.2. The smallest absolute Gasteiger partial charge is 0.244 e. The molecule has 0 radical (unpaired) electrons. The van der Waals surface area contributed by atoms with E-state index in [1.807, 2.05) is 48.7 Å². The molecule has 3 aromatic rings. The van der Waals surface area contributed by atoms with Gasteiger partial charge in [-0.15, -0.1) is 0 Å². The van der Waals surface area contributed by atoms with Gasteiger partial charge in [0.05, 0.1) is 0 Å². The number of aromatic amines is 1. The highest BCUT2D eigenvalue weighted by molar-refractivity contribution is 5.95. The SMILES string of the molecule is N[C@H](CNC(=O)C=Cc1c[nH]c2ncccc12)c1ccccc1. The van der Waals surface area contributed by atoms with Crippen molar-refractivity contribution in [2.75, 3.05) is 6.54 Å². The van der Waals surface area contributed by atoms with E-state index in [1.54, 1.807) is 12.3 Å². The van der Waals surface area contributed by atoms with Crippen LogP contribution in [0, 0.1) is 0 Å². The maximum atomic E-state index is 11.9. The lowest BCUT2D eigenvalue weighted by atomic mass is 10.1. The van der Waals surface area contributed by atoms with Gasteiger partial charge in [-0.05, 0) is 23.8 Å². The fraction of sp³-hybridized carbons (Fsp3) is 0.111. The van der Waals surface area contributed by atoms with Gasteiger partial charge in [0.1, 0.15) is 5.65 Å². The summed E-state index contributed by atoms with van der Waals surface area (Å²) in [4.78, 5) is 19.2. The van der Waals surface area contributed by atoms with Gasteiger partial charge in [0, 0.05) is 42.0 Å². The van der Waals surface area contributed by atoms with E-state index in [4.69, 9.17) is 5.73 Å². The first-order valence-electron chi connectivity index (χ1n) is 7.42. The fourth-order valence-corrected chi connectivity index (χ4v) is 2.37. The number of nitrogens with two attached hydrogens (primary N) is 1. The van der Waals surface area contributed by atoms with Gasteiger partial charge < -0.3 is 16.0 Å². The standard InChI is InChI=1S/C18H18N4O/c19-16(13-5-2-1-3-6-13)12-21-17(23)9-8-14-11-22-18-15(14)7-4-10-20-18/h1-11,16H,12,19H2,(H,20,22)(H,21,23)/t16-/m1/s1. The minimum atomic E-state index is -0.217. The molecule has 2 heterocycles.